The molecule has 0 spiro atoms. The Balaban J connectivity index is 1.42. The Morgan fingerprint density at radius 3 is 1.85 bits per heavy atom. The monoisotopic (exact) mass is 474 g/mol. The van der Waals surface area contributed by atoms with Crippen molar-refractivity contribution in [2.45, 2.75) is 30.1 Å². The third-order valence-electron chi connectivity index (χ3n) is 5.21. The van der Waals surface area contributed by atoms with Crippen LogP contribution >= 0.6 is 11.8 Å². The topological polar surface area (TPSA) is 90.5 Å². The molecule has 3 aromatic carbocycles. The number of carbonyl (C=O) groups excluding carboxylic acids is 3. The van der Waals surface area contributed by atoms with Gasteiger partial charge in [0.2, 0.25) is 11.8 Å². The van der Waals surface area contributed by atoms with Gasteiger partial charge < -0.3 is 20.9 Å². The molecule has 0 saturated heterocycles. The minimum absolute atomic E-state index is 0.258. The number of rotatable bonds is 7. The van der Waals surface area contributed by atoms with Crippen LogP contribution in [0.3, 0.4) is 0 Å². The van der Waals surface area contributed by atoms with E-state index in [0.29, 0.717) is 23.5 Å². The Kier molecular flexibility index (Phi) is 7.18. The van der Waals surface area contributed by atoms with E-state index < -0.39 is 0 Å². The van der Waals surface area contributed by atoms with Crippen molar-refractivity contribution in [2.75, 3.05) is 28.6 Å². The predicted octanol–water partition coefficient (Wildman–Crippen LogP) is 5.03. The normalized spacial score (nSPS) is 11.8. The van der Waals surface area contributed by atoms with E-state index in [4.69, 9.17) is 0 Å². The molecule has 34 heavy (non-hydrogen) atoms. The van der Waals surface area contributed by atoms with Crippen LogP contribution in [0.1, 0.15) is 30.6 Å². The summed E-state index contributed by atoms with van der Waals surface area (Å²) in [5.74, 6) is -0.785. The van der Waals surface area contributed by atoms with Crippen molar-refractivity contribution in [1.82, 2.24) is 5.32 Å². The molecule has 0 aliphatic carbocycles. The van der Waals surface area contributed by atoms with Crippen LogP contribution in [0, 0.1) is 0 Å². The fourth-order valence-electron chi connectivity index (χ4n) is 3.87. The van der Waals surface area contributed by atoms with E-state index in [2.05, 4.69) is 45.1 Å². The number of para-hydroxylation sites is 2. The van der Waals surface area contributed by atoms with Gasteiger partial charge in [0.25, 0.3) is 5.91 Å². The van der Waals surface area contributed by atoms with E-state index >= 15 is 0 Å². The molecule has 7 nitrogen and oxygen atoms in total. The van der Waals surface area contributed by atoms with Gasteiger partial charge in [-0.15, -0.1) is 0 Å². The second kappa shape index (κ2) is 10.4. The summed E-state index contributed by atoms with van der Waals surface area (Å²) in [6.07, 6.45) is 0.739. The summed E-state index contributed by atoms with van der Waals surface area (Å²) in [4.78, 5) is 40.5. The smallest absolute Gasteiger partial charge is 0.251 e. The van der Waals surface area contributed by atoms with Crippen molar-refractivity contribution >= 4 is 52.2 Å². The number of nitrogens with zero attached hydrogens (tertiary/aromatic N) is 1. The van der Waals surface area contributed by atoms with Crippen LogP contribution in [-0.2, 0) is 9.59 Å². The summed E-state index contributed by atoms with van der Waals surface area (Å²) in [5.41, 5.74) is 3.59. The summed E-state index contributed by atoms with van der Waals surface area (Å²) in [6.45, 7) is 4.00. The van der Waals surface area contributed by atoms with Crippen LogP contribution in [0.25, 0.3) is 0 Å². The summed E-state index contributed by atoms with van der Waals surface area (Å²) in [7, 11) is 0. The van der Waals surface area contributed by atoms with Crippen molar-refractivity contribution in [1.29, 1.82) is 0 Å². The number of benzene rings is 3. The first kappa shape index (κ1) is 23.4. The van der Waals surface area contributed by atoms with Gasteiger partial charge in [0.05, 0.1) is 11.4 Å². The highest BCUT2D eigenvalue weighted by molar-refractivity contribution is 7.99. The van der Waals surface area contributed by atoms with Crippen molar-refractivity contribution in [2.24, 2.45) is 0 Å². The maximum atomic E-state index is 12.8. The van der Waals surface area contributed by atoms with E-state index in [1.54, 1.807) is 30.0 Å². The van der Waals surface area contributed by atoms with Crippen molar-refractivity contribution in [3.63, 3.8) is 0 Å². The zero-order valence-corrected chi connectivity index (χ0v) is 19.9. The number of amides is 3. The van der Waals surface area contributed by atoms with Crippen molar-refractivity contribution < 1.29 is 14.4 Å². The van der Waals surface area contributed by atoms with Crippen molar-refractivity contribution in [3.05, 3.63) is 72.3 Å². The minimum Gasteiger partial charge on any atom is -0.352 e. The maximum Gasteiger partial charge on any atom is 0.251 e. The van der Waals surface area contributed by atoms with Crippen LogP contribution in [0.4, 0.5) is 22.7 Å². The molecule has 0 atom stereocenters. The molecule has 0 saturated carbocycles. The van der Waals surface area contributed by atoms with Crippen LogP contribution in [0.5, 0.6) is 0 Å². The number of fused-ring (bicyclic) bond motifs is 2. The molecule has 1 aliphatic heterocycles. The predicted molar refractivity (Wildman–Crippen MR) is 136 cm³/mol. The Labute approximate surface area is 202 Å². The molecular weight excluding hydrogens is 448 g/mol. The lowest BCUT2D eigenvalue weighted by atomic mass is 10.1. The molecular formula is C26H26N4O3S. The Morgan fingerprint density at radius 1 is 0.794 bits per heavy atom. The van der Waals surface area contributed by atoms with Gasteiger partial charge >= 0.3 is 0 Å². The van der Waals surface area contributed by atoms with E-state index in [1.165, 1.54) is 35.0 Å². The lowest BCUT2D eigenvalue weighted by Crippen LogP contribution is -2.29. The summed E-state index contributed by atoms with van der Waals surface area (Å²) >= 11 is 1.77. The van der Waals surface area contributed by atoms with Crippen LogP contribution in [-0.4, -0.2) is 30.8 Å². The SMILES string of the molecule is CC(=O)Nc1cc(NC(C)=O)cc(C(=O)NCCCN2c3ccccc3Sc3ccccc32)c1. The van der Waals surface area contributed by atoms with E-state index in [1.807, 2.05) is 24.3 Å². The number of hydrogen-bond acceptors (Lipinski definition) is 5. The van der Waals surface area contributed by atoms with Gasteiger partial charge in [-0.2, -0.15) is 0 Å². The lowest BCUT2D eigenvalue weighted by molar-refractivity contribution is -0.115. The lowest BCUT2D eigenvalue weighted by Gasteiger charge is -2.32. The van der Waals surface area contributed by atoms with E-state index in [0.717, 1.165) is 13.0 Å². The zero-order chi connectivity index (χ0) is 24.1. The van der Waals surface area contributed by atoms with Crippen LogP contribution in [0.2, 0.25) is 0 Å². The molecule has 1 heterocycles. The van der Waals surface area contributed by atoms with Gasteiger partial charge in [-0.25, -0.2) is 0 Å². The number of hydrogen-bond donors (Lipinski definition) is 3. The van der Waals surface area contributed by atoms with Crippen LogP contribution < -0.4 is 20.9 Å². The average Bonchev–Trinajstić information content (AvgIpc) is 2.80. The molecule has 0 aromatic heterocycles. The molecule has 0 radical (unpaired) electrons. The molecule has 8 heteroatoms. The first-order chi connectivity index (χ1) is 16.4. The third kappa shape index (κ3) is 5.58. The quantitative estimate of drug-likeness (QED) is 0.418. The largest absolute Gasteiger partial charge is 0.352 e. The molecule has 3 amide bonds. The van der Waals surface area contributed by atoms with Gasteiger partial charge in [0, 0.05) is 53.7 Å². The van der Waals surface area contributed by atoms with E-state index in [9.17, 15) is 14.4 Å². The highest BCUT2D eigenvalue weighted by atomic mass is 32.2. The molecule has 4 rings (SSSR count). The second-order valence-electron chi connectivity index (χ2n) is 7.96. The minimum atomic E-state index is -0.270. The number of carbonyl (C=O) groups is 3. The molecule has 0 bridgehead atoms. The Morgan fingerprint density at radius 2 is 1.32 bits per heavy atom. The van der Waals surface area contributed by atoms with Gasteiger partial charge in [-0.05, 0) is 48.9 Å². The van der Waals surface area contributed by atoms with Gasteiger partial charge in [-0.3, -0.25) is 14.4 Å². The standard InChI is InChI=1S/C26H26N4O3S/c1-17(31)28-20-14-19(15-21(16-20)29-18(2)32)26(33)27-12-7-13-30-22-8-3-5-10-24(22)34-25-11-6-4-9-23(25)30/h3-6,8-11,14-16H,7,12-13H2,1-2H3,(H,27,33)(H,28,31)(H,29,32). The van der Waals surface area contributed by atoms with Gasteiger partial charge in [-0.1, -0.05) is 36.0 Å². The van der Waals surface area contributed by atoms with Crippen molar-refractivity contribution in [3.8, 4) is 0 Å². The first-order valence-corrected chi connectivity index (χ1v) is 11.8. The van der Waals surface area contributed by atoms with E-state index in [-0.39, 0.29) is 17.7 Å². The number of nitrogens with one attached hydrogen (secondary N) is 3. The summed E-state index contributed by atoms with van der Waals surface area (Å²) < 4.78 is 0. The summed E-state index contributed by atoms with van der Waals surface area (Å²) in [5, 5.41) is 8.28. The number of anilines is 4. The van der Waals surface area contributed by atoms with Gasteiger partial charge in [0.1, 0.15) is 0 Å². The molecule has 3 N–H and O–H groups in total. The molecule has 0 unspecified atom stereocenters. The summed E-state index contributed by atoms with van der Waals surface area (Å²) in [6, 6.07) is 21.5. The third-order valence-corrected chi connectivity index (χ3v) is 6.34. The highest BCUT2D eigenvalue weighted by Gasteiger charge is 2.22. The molecule has 3 aromatic rings. The zero-order valence-electron chi connectivity index (χ0n) is 19.1. The average molecular weight is 475 g/mol. The molecule has 174 valence electrons. The molecule has 1 aliphatic rings. The first-order valence-electron chi connectivity index (χ1n) is 11.0. The second-order valence-corrected chi connectivity index (χ2v) is 9.04. The highest BCUT2D eigenvalue weighted by Crippen LogP contribution is 2.47. The van der Waals surface area contributed by atoms with Crippen LogP contribution in [0.15, 0.2) is 76.5 Å². The maximum absolute atomic E-state index is 12.8. The molecule has 0 fully saturated rings. The fourth-order valence-corrected chi connectivity index (χ4v) is 4.97. The fraction of sp³-hybridized carbons (Fsp3) is 0.192. The Bertz CT molecular complexity index is 1160. The Hall–Kier alpha value is -3.78. The van der Waals surface area contributed by atoms with Gasteiger partial charge in [0.15, 0.2) is 0 Å².